The van der Waals surface area contributed by atoms with E-state index in [2.05, 4.69) is 10.3 Å². The summed E-state index contributed by atoms with van der Waals surface area (Å²) in [5.74, 6) is 0.567. The van der Waals surface area contributed by atoms with E-state index < -0.39 is 5.67 Å². The molecule has 3 aliphatic rings. The lowest BCUT2D eigenvalue weighted by Gasteiger charge is -2.45. The molecule has 7 heteroatoms. The molecule has 4 rings (SSSR count). The summed E-state index contributed by atoms with van der Waals surface area (Å²) in [6.07, 6.45) is 2.76. The van der Waals surface area contributed by atoms with Gasteiger partial charge in [-0.1, -0.05) is 0 Å². The van der Waals surface area contributed by atoms with Gasteiger partial charge in [0.05, 0.1) is 10.6 Å². The number of amides is 1. The summed E-state index contributed by atoms with van der Waals surface area (Å²) in [5, 5.41) is 5.14. The summed E-state index contributed by atoms with van der Waals surface area (Å²) in [7, 11) is 1.82. The Bertz CT molecular complexity index is 688. The third kappa shape index (κ3) is 2.97. The van der Waals surface area contributed by atoms with Crippen LogP contribution in [0.3, 0.4) is 0 Å². The SMILES string of the molecule is C/N=C1/CC2(CCN(C(=O)C3(F)CCNCC3)CC2)Oc2ccsc21. The van der Waals surface area contributed by atoms with E-state index in [1.54, 1.807) is 16.2 Å². The molecule has 2 fully saturated rings. The lowest BCUT2D eigenvalue weighted by atomic mass is 9.83. The van der Waals surface area contributed by atoms with Crippen molar-refractivity contribution in [2.45, 2.75) is 43.4 Å². The first-order valence-electron chi connectivity index (χ1n) is 8.97. The third-order valence-corrected chi connectivity index (χ3v) is 6.66. The average molecular weight is 365 g/mol. The molecule has 0 aliphatic carbocycles. The molecule has 1 N–H and O–H groups in total. The van der Waals surface area contributed by atoms with Crippen LogP contribution in [0, 0.1) is 0 Å². The number of carbonyl (C=O) groups is 1. The Balaban J connectivity index is 1.46. The standard InChI is InChI=1S/C18H24FN3O2S/c1-20-13-12-17(24-14-2-11-25-15(13)14)5-9-22(10-6-17)16(23)18(19)3-7-21-8-4-18/h2,11,21H,3-10,12H2,1H3/b20-13-. The quantitative estimate of drug-likeness (QED) is 0.831. The van der Waals surface area contributed by atoms with Crippen LogP contribution in [-0.4, -0.2) is 61.0 Å². The molecule has 0 radical (unpaired) electrons. The largest absolute Gasteiger partial charge is 0.485 e. The molecule has 0 unspecified atom stereocenters. The van der Waals surface area contributed by atoms with Crippen molar-refractivity contribution >= 4 is 23.0 Å². The van der Waals surface area contributed by atoms with Crippen LogP contribution in [0.4, 0.5) is 4.39 Å². The van der Waals surface area contributed by atoms with Crippen LogP contribution in [0.25, 0.3) is 0 Å². The molecular formula is C18H24FN3O2S. The first-order valence-corrected chi connectivity index (χ1v) is 9.85. The summed E-state index contributed by atoms with van der Waals surface area (Å²) < 4.78 is 21.3. The lowest BCUT2D eigenvalue weighted by molar-refractivity contribution is -0.149. The lowest BCUT2D eigenvalue weighted by Crippen LogP contribution is -2.57. The maximum absolute atomic E-state index is 15.0. The molecule has 4 heterocycles. The van der Waals surface area contributed by atoms with E-state index in [1.165, 1.54) is 0 Å². The predicted molar refractivity (Wildman–Crippen MR) is 96.5 cm³/mol. The fraction of sp³-hybridized carbons (Fsp3) is 0.667. The first-order chi connectivity index (χ1) is 12.1. The van der Waals surface area contributed by atoms with Gasteiger partial charge < -0.3 is 15.0 Å². The molecule has 2 saturated heterocycles. The second-order valence-corrected chi connectivity index (χ2v) is 8.17. The number of nitrogens with zero attached hydrogens (tertiary/aromatic N) is 2. The normalized spacial score (nSPS) is 26.3. The molecule has 1 aromatic heterocycles. The Morgan fingerprint density at radius 2 is 2.04 bits per heavy atom. The van der Waals surface area contributed by atoms with Gasteiger partial charge in [0.15, 0.2) is 5.67 Å². The number of hydrogen-bond donors (Lipinski definition) is 1. The number of nitrogens with one attached hydrogen (secondary N) is 1. The van der Waals surface area contributed by atoms with Crippen molar-refractivity contribution in [3.63, 3.8) is 0 Å². The highest BCUT2D eigenvalue weighted by molar-refractivity contribution is 7.12. The van der Waals surface area contributed by atoms with Gasteiger partial charge in [0.1, 0.15) is 11.4 Å². The van der Waals surface area contributed by atoms with E-state index in [9.17, 15) is 9.18 Å². The summed E-state index contributed by atoms with van der Waals surface area (Å²) in [6, 6.07) is 2.00. The number of alkyl halides is 1. The van der Waals surface area contributed by atoms with Gasteiger partial charge in [-0.25, -0.2) is 4.39 Å². The highest BCUT2D eigenvalue weighted by Crippen LogP contribution is 2.42. The van der Waals surface area contributed by atoms with Crippen molar-refractivity contribution in [3.05, 3.63) is 16.3 Å². The molecular weight excluding hydrogens is 341 g/mol. The first kappa shape index (κ1) is 17.0. The minimum Gasteiger partial charge on any atom is -0.485 e. The number of rotatable bonds is 1. The Morgan fingerprint density at radius 3 is 2.72 bits per heavy atom. The zero-order chi connectivity index (χ0) is 17.5. The number of carbonyl (C=O) groups excluding carboxylic acids is 1. The molecule has 5 nitrogen and oxygen atoms in total. The second-order valence-electron chi connectivity index (χ2n) is 7.25. The van der Waals surface area contributed by atoms with Crippen molar-refractivity contribution in [1.29, 1.82) is 0 Å². The van der Waals surface area contributed by atoms with Gasteiger partial charge in [-0.15, -0.1) is 11.3 Å². The predicted octanol–water partition coefficient (Wildman–Crippen LogP) is 2.40. The number of halogens is 1. The smallest absolute Gasteiger partial charge is 0.260 e. The zero-order valence-corrected chi connectivity index (χ0v) is 15.3. The molecule has 25 heavy (non-hydrogen) atoms. The molecule has 0 atom stereocenters. The van der Waals surface area contributed by atoms with Crippen molar-refractivity contribution in [3.8, 4) is 5.75 Å². The summed E-state index contributed by atoms with van der Waals surface area (Å²) in [6.45, 7) is 2.24. The molecule has 136 valence electrons. The topological polar surface area (TPSA) is 53.9 Å². The Labute approximate surface area is 151 Å². The molecule has 1 amide bonds. The van der Waals surface area contributed by atoms with Crippen LogP contribution in [0.5, 0.6) is 5.75 Å². The van der Waals surface area contributed by atoms with Gasteiger partial charge in [-0.05, 0) is 24.5 Å². The number of fused-ring (bicyclic) bond motifs is 1. The maximum atomic E-state index is 15.0. The van der Waals surface area contributed by atoms with Crippen LogP contribution >= 0.6 is 11.3 Å². The number of ether oxygens (including phenoxy) is 1. The zero-order valence-electron chi connectivity index (χ0n) is 14.5. The Morgan fingerprint density at radius 1 is 1.32 bits per heavy atom. The van der Waals surface area contributed by atoms with Gasteiger partial charge in [0.25, 0.3) is 5.91 Å². The highest BCUT2D eigenvalue weighted by Gasteiger charge is 2.47. The number of hydrogen-bond acceptors (Lipinski definition) is 5. The van der Waals surface area contributed by atoms with Crippen LogP contribution < -0.4 is 10.1 Å². The number of aliphatic imine (C=N–C) groups is 1. The summed E-state index contributed by atoms with van der Waals surface area (Å²) in [5.41, 5.74) is -0.923. The van der Waals surface area contributed by atoms with Crippen LogP contribution in [0.15, 0.2) is 16.4 Å². The van der Waals surface area contributed by atoms with E-state index in [1.807, 2.05) is 18.5 Å². The van der Waals surface area contributed by atoms with Crippen molar-refractivity contribution in [2.75, 3.05) is 33.2 Å². The summed E-state index contributed by atoms with van der Waals surface area (Å²) in [4.78, 5) is 19.9. The van der Waals surface area contributed by atoms with Gasteiger partial charge in [-0.2, -0.15) is 0 Å². The monoisotopic (exact) mass is 365 g/mol. The molecule has 1 aromatic rings. The molecule has 3 aliphatic heterocycles. The fourth-order valence-corrected chi connectivity index (χ4v) is 4.99. The molecule has 1 spiro atoms. The highest BCUT2D eigenvalue weighted by atomic mass is 32.1. The van der Waals surface area contributed by atoms with Crippen LogP contribution in [-0.2, 0) is 4.79 Å². The second kappa shape index (κ2) is 6.36. The Hall–Kier alpha value is -1.47. The number of piperidine rings is 2. The van der Waals surface area contributed by atoms with Crippen LogP contribution in [0.1, 0.15) is 37.0 Å². The number of thiophene rings is 1. The average Bonchev–Trinajstić information content (AvgIpc) is 3.10. The van der Waals surface area contributed by atoms with Gasteiger partial charge in [0.2, 0.25) is 0 Å². The molecule has 0 saturated carbocycles. The molecule has 0 aromatic carbocycles. The Kier molecular flexibility index (Phi) is 4.32. The van der Waals surface area contributed by atoms with E-state index in [0.717, 1.165) is 35.6 Å². The van der Waals surface area contributed by atoms with Crippen molar-refractivity contribution in [1.82, 2.24) is 10.2 Å². The fourth-order valence-electron chi connectivity index (χ4n) is 4.14. The number of likely N-dealkylation sites (tertiary alicyclic amines) is 1. The van der Waals surface area contributed by atoms with Gasteiger partial charge in [-0.3, -0.25) is 9.79 Å². The van der Waals surface area contributed by atoms with Gasteiger partial charge >= 0.3 is 0 Å². The minimum absolute atomic E-state index is 0.273. The van der Waals surface area contributed by atoms with E-state index in [4.69, 9.17) is 4.74 Å². The van der Waals surface area contributed by atoms with Crippen molar-refractivity contribution < 1.29 is 13.9 Å². The maximum Gasteiger partial charge on any atom is 0.260 e. The van der Waals surface area contributed by atoms with E-state index in [0.29, 0.717) is 26.2 Å². The molecule has 0 bridgehead atoms. The van der Waals surface area contributed by atoms with E-state index in [-0.39, 0.29) is 24.3 Å². The van der Waals surface area contributed by atoms with Crippen molar-refractivity contribution in [2.24, 2.45) is 4.99 Å². The van der Waals surface area contributed by atoms with Crippen LogP contribution in [0.2, 0.25) is 0 Å². The van der Waals surface area contributed by atoms with Gasteiger partial charge in [0, 0.05) is 52.2 Å². The third-order valence-electron chi connectivity index (χ3n) is 5.72. The van der Waals surface area contributed by atoms with E-state index >= 15 is 0 Å². The minimum atomic E-state index is -1.69. The summed E-state index contributed by atoms with van der Waals surface area (Å²) >= 11 is 1.65.